The molecule has 0 saturated carbocycles. The van der Waals surface area contributed by atoms with Gasteiger partial charge in [-0.15, -0.1) is 0 Å². The Labute approximate surface area is 123 Å². The molecular weight excluding hydrogens is 262 g/mol. The van der Waals surface area contributed by atoms with Crippen molar-refractivity contribution >= 4 is 17.7 Å². The lowest BCUT2D eigenvalue weighted by Crippen LogP contribution is -2.13. The molecule has 0 fully saturated rings. The van der Waals surface area contributed by atoms with Crippen LogP contribution in [-0.2, 0) is 4.79 Å². The number of carbonyl (C=O) groups is 1. The van der Waals surface area contributed by atoms with Gasteiger partial charge in [-0.25, -0.2) is 0 Å². The SMILES string of the molecule is Cc1ccc(C)c(/C=C(\C#N)C(=O)Nc2cccnc2)c1. The Kier molecular flexibility index (Phi) is 4.47. The van der Waals surface area contributed by atoms with E-state index < -0.39 is 5.91 Å². The Morgan fingerprint density at radius 2 is 2.14 bits per heavy atom. The molecule has 4 nitrogen and oxygen atoms in total. The van der Waals surface area contributed by atoms with Crippen molar-refractivity contribution in [3.8, 4) is 6.07 Å². The van der Waals surface area contributed by atoms with Crippen LogP contribution in [0.3, 0.4) is 0 Å². The van der Waals surface area contributed by atoms with Gasteiger partial charge in [0, 0.05) is 6.20 Å². The van der Waals surface area contributed by atoms with E-state index in [2.05, 4.69) is 10.3 Å². The van der Waals surface area contributed by atoms with Crippen LogP contribution >= 0.6 is 0 Å². The molecule has 1 amide bonds. The van der Waals surface area contributed by atoms with Crippen LogP contribution in [0.4, 0.5) is 5.69 Å². The quantitative estimate of drug-likeness (QED) is 0.691. The van der Waals surface area contributed by atoms with Crippen LogP contribution in [0.2, 0.25) is 0 Å². The van der Waals surface area contributed by atoms with E-state index in [0.717, 1.165) is 16.7 Å². The average Bonchev–Trinajstić information content (AvgIpc) is 2.49. The highest BCUT2D eigenvalue weighted by molar-refractivity contribution is 6.09. The van der Waals surface area contributed by atoms with Crippen LogP contribution in [0.25, 0.3) is 6.08 Å². The lowest BCUT2D eigenvalue weighted by molar-refractivity contribution is -0.112. The van der Waals surface area contributed by atoms with E-state index in [1.165, 1.54) is 6.20 Å². The fraction of sp³-hybridized carbons (Fsp3) is 0.118. The number of hydrogen-bond donors (Lipinski definition) is 1. The van der Waals surface area contributed by atoms with E-state index in [9.17, 15) is 10.1 Å². The molecule has 2 rings (SSSR count). The van der Waals surface area contributed by atoms with Gasteiger partial charge in [-0.1, -0.05) is 23.8 Å². The molecule has 4 heteroatoms. The highest BCUT2D eigenvalue weighted by Crippen LogP contribution is 2.15. The number of aryl methyl sites for hydroxylation is 2. The fourth-order valence-corrected chi connectivity index (χ4v) is 1.85. The minimum Gasteiger partial charge on any atom is -0.320 e. The molecule has 1 N–H and O–H groups in total. The maximum Gasteiger partial charge on any atom is 0.266 e. The van der Waals surface area contributed by atoms with Crippen LogP contribution in [0.15, 0.2) is 48.3 Å². The van der Waals surface area contributed by atoms with Crippen molar-refractivity contribution in [2.45, 2.75) is 13.8 Å². The Morgan fingerprint density at radius 1 is 1.33 bits per heavy atom. The molecule has 0 unspecified atom stereocenters. The van der Waals surface area contributed by atoms with E-state index in [1.54, 1.807) is 24.4 Å². The number of anilines is 1. The predicted molar refractivity (Wildman–Crippen MR) is 82.4 cm³/mol. The number of nitrogens with zero attached hydrogens (tertiary/aromatic N) is 2. The Morgan fingerprint density at radius 3 is 2.81 bits per heavy atom. The summed E-state index contributed by atoms with van der Waals surface area (Å²) < 4.78 is 0. The van der Waals surface area contributed by atoms with Crippen molar-refractivity contribution in [1.82, 2.24) is 4.98 Å². The number of hydrogen-bond acceptors (Lipinski definition) is 3. The largest absolute Gasteiger partial charge is 0.320 e. The topological polar surface area (TPSA) is 65.8 Å². The monoisotopic (exact) mass is 277 g/mol. The summed E-state index contributed by atoms with van der Waals surface area (Å²) in [5, 5.41) is 11.9. The average molecular weight is 277 g/mol. The van der Waals surface area contributed by atoms with E-state index >= 15 is 0 Å². The molecule has 21 heavy (non-hydrogen) atoms. The van der Waals surface area contributed by atoms with Gasteiger partial charge >= 0.3 is 0 Å². The normalized spacial score (nSPS) is 10.8. The van der Waals surface area contributed by atoms with Crippen LogP contribution in [-0.4, -0.2) is 10.9 Å². The summed E-state index contributed by atoms with van der Waals surface area (Å²) in [4.78, 5) is 16.0. The van der Waals surface area contributed by atoms with E-state index in [-0.39, 0.29) is 5.57 Å². The number of carbonyl (C=O) groups excluding carboxylic acids is 1. The van der Waals surface area contributed by atoms with Crippen LogP contribution < -0.4 is 5.32 Å². The van der Waals surface area contributed by atoms with Gasteiger partial charge in [0.25, 0.3) is 5.91 Å². The Bertz CT molecular complexity index is 727. The van der Waals surface area contributed by atoms with Crippen molar-refractivity contribution in [2.24, 2.45) is 0 Å². The van der Waals surface area contributed by atoms with Gasteiger partial charge < -0.3 is 5.32 Å². The molecule has 2 aromatic rings. The molecule has 1 heterocycles. The molecule has 104 valence electrons. The van der Waals surface area contributed by atoms with Gasteiger partial charge in [0.05, 0.1) is 11.9 Å². The standard InChI is InChI=1S/C17H15N3O/c1-12-5-6-13(2)14(8-12)9-15(10-18)17(21)20-16-4-3-7-19-11-16/h3-9,11H,1-2H3,(H,20,21)/b15-9+. The first-order valence-corrected chi connectivity index (χ1v) is 6.50. The molecule has 1 aromatic carbocycles. The summed E-state index contributed by atoms with van der Waals surface area (Å²) in [5.41, 5.74) is 3.59. The first-order valence-electron chi connectivity index (χ1n) is 6.50. The molecule has 0 saturated heterocycles. The summed E-state index contributed by atoms with van der Waals surface area (Å²) in [6, 6.07) is 11.3. The number of rotatable bonds is 3. The molecule has 0 atom stereocenters. The highest BCUT2D eigenvalue weighted by atomic mass is 16.1. The van der Waals surface area contributed by atoms with Gasteiger partial charge in [0.2, 0.25) is 0 Å². The molecule has 0 radical (unpaired) electrons. The van der Waals surface area contributed by atoms with Gasteiger partial charge in [0.15, 0.2) is 0 Å². The second-order valence-electron chi connectivity index (χ2n) is 4.73. The molecule has 0 bridgehead atoms. The zero-order valence-electron chi connectivity index (χ0n) is 11.9. The minimum atomic E-state index is -0.439. The molecular formula is C17H15N3O. The molecule has 1 aromatic heterocycles. The summed E-state index contributed by atoms with van der Waals surface area (Å²) in [6.45, 7) is 3.91. The van der Waals surface area contributed by atoms with Gasteiger partial charge in [-0.2, -0.15) is 5.26 Å². The van der Waals surface area contributed by atoms with E-state index in [1.807, 2.05) is 38.1 Å². The van der Waals surface area contributed by atoms with Crippen molar-refractivity contribution < 1.29 is 4.79 Å². The number of amides is 1. The van der Waals surface area contributed by atoms with Crippen molar-refractivity contribution in [3.63, 3.8) is 0 Å². The van der Waals surface area contributed by atoms with E-state index in [4.69, 9.17) is 0 Å². The predicted octanol–water partition coefficient (Wildman–Crippen LogP) is 3.24. The Hall–Kier alpha value is -2.93. The Balaban J connectivity index is 2.27. The third-order valence-electron chi connectivity index (χ3n) is 3.02. The molecule has 0 aliphatic carbocycles. The van der Waals surface area contributed by atoms with Gasteiger partial charge in [-0.05, 0) is 43.2 Å². The summed E-state index contributed by atoms with van der Waals surface area (Å²) in [5.74, 6) is -0.439. The van der Waals surface area contributed by atoms with Crippen LogP contribution in [0.1, 0.15) is 16.7 Å². The summed E-state index contributed by atoms with van der Waals surface area (Å²) >= 11 is 0. The van der Waals surface area contributed by atoms with Crippen molar-refractivity contribution in [2.75, 3.05) is 5.32 Å². The maximum atomic E-state index is 12.1. The van der Waals surface area contributed by atoms with Gasteiger partial charge in [0.1, 0.15) is 11.6 Å². The highest BCUT2D eigenvalue weighted by Gasteiger charge is 2.10. The van der Waals surface area contributed by atoms with E-state index in [0.29, 0.717) is 5.69 Å². The van der Waals surface area contributed by atoms with Crippen molar-refractivity contribution in [1.29, 1.82) is 5.26 Å². The number of pyridine rings is 1. The molecule has 0 aliphatic heterocycles. The lowest BCUT2D eigenvalue weighted by Gasteiger charge is -2.05. The fourth-order valence-electron chi connectivity index (χ4n) is 1.85. The third kappa shape index (κ3) is 3.77. The second-order valence-corrected chi connectivity index (χ2v) is 4.73. The smallest absolute Gasteiger partial charge is 0.266 e. The number of nitriles is 1. The molecule has 0 spiro atoms. The first-order chi connectivity index (χ1) is 10.1. The zero-order chi connectivity index (χ0) is 15.2. The van der Waals surface area contributed by atoms with Crippen LogP contribution in [0, 0.1) is 25.2 Å². The lowest BCUT2D eigenvalue weighted by atomic mass is 10.0. The number of nitrogens with one attached hydrogen (secondary N) is 1. The van der Waals surface area contributed by atoms with Gasteiger partial charge in [-0.3, -0.25) is 9.78 Å². The maximum absolute atomic E-state index is 12.1. The molecule has 0 aliphatic rings. The summed E-state index contributed by atoms with van der Waals surface area (Å²) in [6.07, 6.45) is 4.76. The zero-order valence-corrected chi connectivity index (χ0v) is 11.9. The number of benzene rings is 1. The first kappa shape index (κ1) is 14.5. The summed E-state index contributed by atoms with van der Waals surface area (Å²) in [7, 11) is 0. The minimum absolute atomic E-state index is 0.0625. The second kappa shape index (κ2) is 6.49. The van der Waals surface area contributed by atoms with Crippen molar-refractivity contribution in [3.05, 3.63) is 65.0 Å². The number of aromatic nitrogens is 1. The third-order valence-corrected chi connectivity index (χ3v) is 3.02. The van der Waals surface area contributed by atoms with Crippen LogP contribution in [0.5, 0.6) is 0 Å².